The van der Waals surface area contributed by atoms with Gasteiger partial charge in [-0.1, -0.05) is 26.2 Å². The van der Waals surface area contributed by atoms with Crippen molar-refractivity contribution in [3.05, 3.63) is 0 Å². The highest BCUT2D eigenvalue weighted by molar-refractivity contribution is 7.89. The average molecular weight is 248 g/mol. The molecule has 1 rings (SSSR count). The van der Waals surface area contributed by atoms with Gasteiger partial charge in [-0.3, -0.25) is 0 Å². The van der Waals surface area contributed by atoms with Gasteiger partial charge in [-0.25, -0.2) is 8.42 Å². The van der Waals surface area contributed by atoms with E-state index in [0.717, 1.165) is 25.7 Å². The van der Waals surface area contributed by atoms with Crippen molar-refractivity contribution in [3.63, 3.8) is 0 Å². The molecule has 0 aromatic rings. The first-order valence-electron chi connectivity index (χ1n) is 6.24. The second kappa shape index (κ2) is 5.98. The lowest BCUT2D eigenvalue weighted by molar-refractivity contribution is 0.259. The predicted octanol–water partition coefficient (Wildman–Crippen LogP) is 1.32. The molecule has 1 atom stereocenters. The topological polar surface area (TPSA) is 63.4 Å². The van der Waals surface area contributed by atoms with Crippen LogP contribution in [0.3, 0.4) is 0 Å². The van der Waals surface area contributed by atoms with Crippen molar-refractivity contribution in [2.24, 2.45) is 5.73 Å². The Hall–Kier alpha value is -0.130. The molecule has 1 fully saturated rings. The highest BCUT2D eigenvalue weighted by Crippen LogP contribution is 2.25. The van der Waals surface area contributed by atoms with E-state index in [-0.39, 0.29) is 12.6 Å². The normalized spacial score (nSPS) is 21.2. The van der Waals surface area contributed by atoms with Crippen LogP contribution >= 0.6 is 0 Å². The van der Waals surface area contributed by atoms with Crippen LogP contribution in [0, 0.1) is 0 Å². The molecule has 5 heteroatoms. The maximum Gasteiger partial charge on any atom is 0.218 e. The van der Waals surface area contributed by atoms with Crippen LogP contribution in [0.15, 0.2) is 0 Å². The Morgan fingerprint density at radius 2 is 1.88 bits per heavy atom. The lowest BCUT2D eigenvalue weighted by Gasteiger charge is -2.34. The number of hydrogen-bond donors (Lipinski definition) is 1. The van der Waals surface area contributed by atoms with Crippen molar-refractivity contribution >= 4 is 10.0 Å². The maximum absolute atomic E-state index is 12.2. The van der Waals surface area contributed by atoms with Crippen LogP contribution in [0.1, 0.15) is 46.0 Å². The van der Waals surface area contributed by atoms with Gasteiger partial charge in [-0.2, -0.15) is 4.31 Å². The minimum absolute atomic E-state index is 0.200. The number of hydrogen-bond acceptors (Lipinski definition) is 3. The lowest BCUT2D eigenvalue weighted by Crippen LogP contribution is -2.46. The molecular formula is C11H24N2O2S. The third-order valence-corrected chi connectivity index (χ3v) is 5.88. The Labute approximate surface area is 99.2 Å². The van der Waals surface area contributed by atoms with E-state index in [1.165, 1.54) is 6.42 Å². The molecule has 1 saturated carbocycles. The quantitative estimate of drug-likeness (QED) is 0.798. The molecule has 1 aliphatic carbocycles. The molecule has 0 heterocycles. The Kier molecular flexibility index (Phi) is 5.21. The van der Waals surface area contributed by atoms with Crippen molar-refractivity contribution in [1.82, 2.24) is 4.31 Å². The summed E-state index contributed by atoms with van der Waals surface area (Å²) >= 11 is 0. The summed E-state index contributed by atoms with van der Waals surface area (Å²) in [5.41, 5.74) is 5.47. The van der Waals surface area contributed by atoms with Crippen LogP contribution in [-0.4, -0.2) is 37.1 Å². The van der Waals surface area contributed by atoms with Gasteiger partial charge in [-0.15, -0.1) is 0 Å². The molecule has 0 aliphatic heterocycles. The van der Waals surface area contributed by atoms with Crippen molar-refractivity contribution in [2.75, 3.05) is 13.1 Å². The van der Waals surface area contributed by atoms with Gasteiger partial charge < -0.3 is 5.73 Å². The standard InChI is InChI=1S/C11H24N2O2S/c1-3-13(11-7-5-4-6-8-11)16(14,15)10(2)9-12/h10-11H,3-9,12H2,1-2H3. The largest absolute Gasteiger partial charge is 0.329 e. The molecule has 0 bridgehead atoms. The second-order valence-electron chi connectivity index (χ2n) is 4.59. The molecule has 0 saturated heterocycles. The van der Waals surface area contributed by atoms with Crippen molar-refractivity contribution in [3.8, 4) is 0 Å². The van der Waals surface area contributed by atoms with Gasteiger partial charge in [0.05, 0.1) is 5.25 Å². The molecule has 0 spiro atoms. The fourth-order valence-electron chi connectivity index (χ4n) is 2.37. The highest BCUT2D eigenvalue weighted by Gasteiger charge is 2.32. The third kappa shape index (κ3) is 2.96. The molecule has 0 radical (unpaired) electrons. The number of sulfonamides is 1. The van der Waals surface area contributed by atoms with E-state index in [9.17, 15) is 8.42 Å². The number of nitrogens with zero attached hydrogens (tertiary/aromatic N) is 1. The van der Waals surface area contributed by atoms with Crippen LogP contribution in [0.4, 0.5) is 0 Å². The van der Waals surface area contributed by atoms with E-state index in [4.69, 9.17) is 5.73 Å². The molecule has 4 nitrogen and oxygen atoms in total. The summed E-state index contributed by atoms with van der Waals surface area (Å²) in [6, 6.07) is 0.206. The first kappa shape index (κ1) is 13.9. The van der Waals surface area contributed by atoms with Crippen LogP contribution in [0.5, 0.6) is 0 Å². The third-order valence-electron chi connectivity index (χ3n) is 3.46. The van der Waals surface area contributed by atoms with Gasteiger partial charge in [0.25, 0.3) is 0 Å². The zero-order chi connectivity index (χ0) is 12.2. The summed E-state index contributed by atoms with van der Waals surface area (Å²) < 4.78 is 26.1. The fourth-order valence-corrected chi connectivity index (χ4v) is 4.06. The second-order valence-corrected chi connectivity index (χ2v) is 6.89. The van der Waals surface area contributed by atoms with Gasteiger partial charge in [0.15, 0.2) is 0 Å². The van der Waals surface area contributed by atoms with E-state index in [1.807, 2.05) is 6.92 Å². The summed E-state index contributed by atoms with van der Waals surface area (Å²) in [6.07, 6.45) is 5.54. The van der Waals surface area contributed by atoms with Gasteiger partial charge in [0.1, 0.15) is 0 Å². The summed E-state index contributed by atoms with van der Waals surface area (Å²) in [5.74, 6) is 0. The zero-order valence-corrected chi connectivity index (χ0v) is 11.2. The van der Waals surface area contributed by atoms with Gasteiger partial charge in [-0.05, 0) is 19.8 Å². The van der Waals surface area contributed by atoms with Gasteiger partial charge >= 0.3 is 0 Å². The van der Waals surface area contributed by atoms with E-state index in [0.29, 0.717) is 6.54 Å². The Morgan fingerprint density at radius 1 is 1.31 bits per heavy atom. The summed E-state index contributed by atoms with van der Waals surface area (Å²) in [4.78, 5) is 0. The minimum atomic E-state index is -3.19. The molecule has 0 amide bonds. The number of rotatable bonds is 5. The zero-order valence-electron chi connectivity index (χ0n) is 10.4. The minimum Gasteiger partial charge on any atom is -0.329 e. The van der Waals surface area contributed by atoms with Crippen molar-refractivity contribution in [1.29, 1.82) is 0 Å². The number of nitrogens with two attached hydrogens (primary N) is 1. The molecule has 16 heavy (non-hydrogen) atoms. The monoisotopic (exact) mass is 248 g/mol. The predicted molar refractivity (Wildman–Crippen MR) is 66.7 cm³/mol. The first-order chi connectivity index (χ1) is 7.54. The van der Waals surface area contributed by atoms with E-state index in [2.05, 4.69) is 0 Å². The average Bonchev–Trinajstić information content (AvgIpc) is 2.30. The van der Waals surface area contributed by atoms with E-state index < -0.39 is 15.3 Å². The van der Waals surface area contributed by atoms with Crippen molar-refractivity contribution < 1.29 is 8.42 Å². The highest BCUT2D eigenvalue weighted by atomic mass is 32.2. The Bertz CT molecular complexity index is 297. The fraction of sp³-hybridized carbons (Fsp3) is 1.00. The van der Waals surface area contributed by atoms with Crippen LogP contribution in [0.25, 0.3) is 0 Å². The lowest BCUT2D eigenvalue weighted by atomic mass is 9.95. The Morgan fingerprint density at radius 3 is 2.31 bits per heavy atom. The maximum atomic E-state index is 12.2. The molecule has 96 valence electrons. The summed E-state index contributed by atoms with van der Waals surface area (Å²) in [6.45, 7) is 4.37. The van der Waals surface area contributed by atoms with E-state index in [1.54, 1.807) is 11.2 Å². The molecule has 2 N–H and O–H groups in total. The van der Waals surface area contributed by atoms with Gasteiger partial charge in [0.2, 0.25) is 10.0 Å². The SMILES string of the molecule is CCN(C1CCCCC1)S(=O)(=O)C(C)CN. The van der Waals surface area contributed by atoms with Gasteiger partial charge in [0, 0.05) is 19.1 Å². The van der Waals surface area contributed by atoms with E-state index >= 15 is 0 Å². The summed E-state index contributed by atoms with van der Waals surface area (Å²) in [7, 11) is -3.19. The molecule has 1 unspecified atom stereocenters. The first-order valence-corrected chi connectivity index (χ1v) is 7.75. The smallest absolute Gasteiger partial charge is 0.218 e. The molecule has 0 aromatic heterocycles. The van der Waals surface area contributed by atoms with Crippen molar-refractivity contribution in [2.45, 2.75) is 57.2 Å². The molecule has 0 aromatic carbocycles. The molecule has 1 aliphatic rings. The van der Waals surface area contributed by atoms with Crippen LogP contribution < -0.4 is 5.73 Å². The Balaban J connectivity index is 2.79. The summed E-state index contributed by atoms with van der Waals surface area (Å²) in [5, 5.41) is -0.464. The van der Waals surface area contributed by atoms with Crippen LogP contribution in [-0.2, 0) is 10.0 Å². The molecular weight excluding hydrogens is 224 g/mol. The van der Waals surface area contributed by atoms with Crippen LogP contribution in [0.2, 0.25) is 0 Å².